The number of aromatic nitrogens is 1. The minimum atomic E-state index is 0.233. The Hall–Kier alpha value is -6.52. The molecule has 0 bridgehead atoms. The minimum absolute atomic E-state index is 0.233. The van der Waals surface area contributed by atoms with E-state index in [0.717, 1.165) is 34.3 Å². The Bertz CT molecular complexity index is 2530. The van der Waals surface area contributed by atoms with Crippen molar-refractivity contribution >= 4 is 57.0 Å². The number of rotatable bonds is 6. The quantitative estimate of drug-likeness (QED) is 0.142. The Morgan fingerprint density at radius 2 is 1.46 bits per heavy atom. The monoisotopic (exact) mass is 642 g/mol. The van der Waals surface area contributed by atoms with E-state index >= 15 is 0 Å². The van der Waals surface area contributed by atoms with E-state index in [4.69, 9.17) is 10.4 Å². The molecule has 0 saturated carbocycles. The van der Waals surface area contributed by atoms with Crippen molar-refractivity contribution in [3.8, 4) is 11.1 Å². The van der Waals surface area contributed by atoms with Gasteiger partial charge < -0.3 is 4.90 Å². The summed E-state index contributed by atoms with van der Waals surface area (Å²) in [4.78, 5) is 7.49. The van der Waals surface area contributed by atoms with Crippen LogP contribution < -0.4 is 4.90 Å². The van der Waals surface area contributed by atoms with E-state index in [1.165, 1.54) is 44.4 Å². The van der Waals surface area contributed by atoms with Crippen LogP contribution in [-0.4, -0.2) is 22.7 Å². The van der Waals surface area contributed by atoms with Crippen LogP contribution in [0, 0.1) is 5.41 Å². The van der Waals surface area contributed by atoms with E-state index in [1.54, 1.807) is 0 Å². The van der Waals surface area contributed by atoms with E-state index in [9.17, 15) is 0 Å². The van der Waals surface area contributed by atoms with Crippen LogP contribution in [0.5, 0.6) is 0 Å². The molecule has 7 aromatic rings. The van der Waals surface area contributed by atoms with E-state index in [0.29, 0.717) is 5.71 Å². The molecule has 1 N–H and O–H groups in total. The molecule has 2 heterocycles. The van der Waals surface area contributed by atoms with Gasteiger partial charge in [0.05, 0.1) is 28.5 Å². The molecule has 1 aromatic heterocycles. The number of hydrogen-bond donors (Lipinski definition) is 1. The molecule has 238 valence electrons. The molecular weight excluding hydrogens is 609 g/mol. The van der Waals surface area contributed by atoms with Gasteiger partial charge in [-0.05, 0) is 65.6 Å². The molecule has 50 heavy (non-hydrogen) atoms. The minimum Gasteiger partial charge on any atom is -0.333 e. The highest BCUT2D eigenvalue weighted by Gasteiger charge is 2.28. The van der Waals surface area contributed by atoms with Crippen molar-refractivity contribution in [1.82, 2.24) is 4.57 Å². The van der Waals surface area contributed by atoms with Gasteiger partial charge in [0.1, 0.15) is 6.34 Å². The summed E-state index contributed by atoms with van der Waals surface area (Å²) < 4.78 is 2.17. The molecule has 9 rings (SSSR count). The summed E-state index contributed by atoms with van der Waals surface area (Å²) in [5.41, 5.74) is 12.4. The Kier molecular flexibility index (Phi) is 7.40. The van der Waals surface area contributed by atoms with E-state index < -0.39 is 0 Å². The third-order valence-electron chi connectivity index (χ3n) is 9.87. The van der Waals surface area contributed by atoms with Crippen LogP contribution >= 0.6 is 0 Å². The lowest BCUT2D eigenvalue weighted by Gasteiger charge is -2.35. The average molecular weight is 643 g/mol. The zero-order valence-corrected chi connectivity index (χ0v) is 27.4. The van der Waals surface area contributed by atoms with Gasteiger partial charge in [0.25, 0.3) is 0 Å². The van der Waals surface area contributed by atoms with Crippen LogP contribution in [0.2, 0.25) is 0 Å². The number of nitrogens with zero attached hydrogens (tertiary/aromatic N) is 3. The molecule has 0 amide bonds. The van der Waals surface area contributed by atoms with Crippen molar-refractivity contribution in [1.29, 1.82) is 5.41 Å². The Morgan fingerprint density at radius 1 is 0.700 bits per heavy atom. The first-order valence-corrected chi connectivity index (χ1v) is 17.1. The van der Waals surface area contributed by atoms with Gasteiger partial charge in [0, 0.05) is 38.8 Å². The van der Waals surface area contributed by atoms with Gasteiger partial charge in [-0.1, -0.05) is 134 Å². The summed E-state index contributed by atoms with van der Waals surface area (Å²) in [7, 11) is 0. The summed E-state index contributed by atoms with van der Waals surface area (Å²) in [6.07, 6.45) is 14.2. The summed E-state index contributed by atoms with van der Waals surface area (Å²) in [5, 5.41) is 11.3. The van der Waals surface area contributed by atoms with Crippen molar-refractivity contribution < 1.29 is 0 Å². The Balaban J connectivity index is 1.16. The number of allylic oxidation sites excluding steroid dienone is 2. The first kappa shape index (κ1) is 29.6. The summed E-state index contributed by atoms with van der Waals surface area (Å²) in [6.45, 7) is 0. The van der Waals surface area contributed by atoms with Gasteiger partial charge in [0.2, 0.25) is 0 Å². The molecule has 1 atom stereocenters. The first-order valence-electron chi connectivity index (χ1n) is 17.1. The van der Waals surface area contributed by atoms with Gasteiger partial charge >= 0.3 is 0 Å². The molecule has 1 aliphatic heterocycles. The molecular formula is C46H34N4. The Morgan fingerprint density at radius 3 is 2.34 bits per heavy atom. The maximum Gasteiger partial charge on any atom is 0.100 e. The van der Waals surface area contributed by atoms with Crippen molar-refractivity contribution in [3.05, 3.63) is 192 Å². The maximum atomic E-state index is 8.93. The fraction of sp³-hybridized carbons (Fsp3) is 0.0435. The zero-order valence-electron chi connectivity index (χ0n) is 27.4. The van der Waals surface area contributed by atoms with E-state index in [1.807, 2.05) is 60.9 Å². The second-order valence-electron chi connectivity index (χ2n) is 12.7. The summed E-state index contributed by atoms with van der Waals surface area (Å²) in [6, 6.07) is 50.7. The van der Waals surface area contributed by atoms with Crippen LogP contribution in [0.25, 0.3) is 39.0 Å². The number of benzene rings is 6. The largest absolute Gasteiger partial charge is 0.333 e. The molecule has 0 spiro atoms. The Labute approximate surface area is 291 Å². The van der Waals surface area contributed by atoms with E-state index in [-0.39, 0.29) is 6.04 Å². The van der Waals surface area contributed by atoms with Crippen LogP contribution in [-0.2, 0) is 0 Å². The fourth-order valence-corrected chi connectivity index (χ4v) is 7.47. The summed E-state index contributed by atoms with van der Waals surface area (Å²) in [5.74, 6) is 0. The highest BCUT2D eigenvalue weighted by atomic mass is 15.2. The lowest BCUT2D eigenvalue weighted by atomic mass is 9.95. The van der Waals surface area contributed by atoms with Crippen molar-refractivity contribution in [2.75, 3.05) is 4.90 Å². The van der Waals surface area contributed by atoms with Crippen LogP contribution in [0.1, 0.15) is 23.1 Å². The highest BCUT2D eigenvalue weighted by Crippen LogP contribution is 2.43. The third-order valence-corrected chi connectivity index (χ3v) is 9.87. The molecule has 0 fully saturated rings. The second-order valence-corrected chi connectivity index (χ2v) is 12.7. The molecule has 0 radical (unpaired) electrons. The second kappa shape index (κ2) is 12.5. The number of hydrogen-bond acceptors (Lipinski definition) is 3. The van der Waals surface area contributed by atoms with Gasteiger partial charge in [-0.2, -0.15) is 0 Å². The topological polar surface area (TPSA) is 44.4 Å². The summed E-state index contributed by atoms with van der Waals surface area (Å²) >= 11 is 0. The van der Waals surface area contributed by atoms with Gasteiger partial charge in [-0.15, -0.1) is 0 Å². The molecule has 0 saturated heterocycles. The average Bonchev–Trinajstić information content (AvgIpc) is 3.39. The maximum absolute atomic E-state index is 8.93. The van der Waals surface area contributed by atoms with Gasteiger partial charge in [-0.25, -0.2) is 4.99 Å². The van der Waals surface area contributed by atoms with Crippen LogP contribution in [0.4, 0.5) is 17.1 Å². The molecule has 1 aliphatic carbocycles. The van der Waals surface area contributed by atoms with Gasteiger partial charge in [-0.3, -0.25) is 9.98 Å². The molecule has 1 unspecified atom stereocenters. The molecule has 2 aliphatic rings. The molecule has 6 aromatic carbocycles. The first-order chi connectivity index (χ1) is 24.7. The number of nitrogens with one attached hydrogen (secondary N) is 1. The SMILES string of the molecule is N=C(c1ccccc1)c1ccccc1N=Cn1c2ccccc2c2cc(-c3cccc4c3C=CC3=CC=CCC3N4c3ccccc3)ccc21. The number of aliphatic imine (C=N–C) groups is 1. The van der Waals surface area contributed by atoms with Crippen molar-refractivity contribution in [3.63, 3.8) is 0 Å². The van der Waals surface area contributed by atoms with Gasteiger partial charge in [0.15, 0.2) is 0 Å². The number of anilines is 2. The number of fused-ring (bicyclic) bond motifs is 5. The molecule has 4 heteroatoms. The smallest absolute Gasteiger partial charge is 0.100 e. The van der Waals surface area contributed by atoms with E-state index in [2.05, 4.69) is 131 Å². The normalized spacial score (nSPS) is 15.2. The highest BCUT2D eigenvalue weighted by molar-refractivity contribution is 6.15. The van der Waals surface area contributed by atoms with Crippen LogP contribution in [0.15, 0.2) is 180 Å². The van der Waals surface area contributed by atoms with Crippen molar-refractivity contribution in [2.24, 2.45) is 4.99 Å². The standard InChI is InChI=1S/C46H34N4/c47-46(33-15-3-1-4-16-33)39-20-8-10-22-41(39)48-31-49-43-24-12-9-19-37(43)40-30-34(27-29-44(40)49)36-21-13-25-45-38(36)28-26-32-14-7-11-23-42(32)50(45)35-17-5-2-6-18-35/h1-22,24-31,42,47H,23H2. The lowest BCUT2D eigenvalue weighted by Crippen LogP contribution is -2.32. The van der Waals surface area contributed by atoms with Crippen molar-refractivity contribution in [2.45, 2.75) is 12.5 Å². The zero-order chi connectivity index (χ0) is 33.4. The predicted octanol–water partition coefficient (Wildman–Crippen LogP) is 11.5. The lowest BCUT2D eigenvalue weighted by molar-refractivity contribution is 0.760. The van der Waals surface area contributed by atoms with Crippen LogP contribution in [0.3, 0.4) is 0 Å². The number of para-hydroxylation sites is 3. The third kappa shape index (κ3) is 5.10. The fourth-order valence-electron chi connectivity index (χ4n) is 7.47. The predicted molar refractivity (Wildman–Crippen MR) is 210 cm³/mol. The molecule has 4 nitrogen and oxygen atoms in total.